The van der Waals surface area contributed by atoms with Gasteiger partial charge >= 0.3 is 0 Å². The molecular formula is C46H44N3OPt-. The van der Waals surface area contributed by atoms with Crippen LogP contribution in [0.2, 0.25) is 0 Å². The Morgan fingerprint density at radius 1 is 0.667 bits per heavy atom. The minimum absolute atomic E-state index is 0. The van der Waals surface area contributed by atoms with Crippen LogP contribution in [0.4, 0.5) is 0 Å². The van der Waals surface area contributed by atoms with Crippen LogP contribution in [0.15, 0.2) is 121 Å². The molecule has 0 saturated carbocycles. The zero-order chi connectivity index (χ0) is 35.2. The van der Waals surface area contributed by atoms with Gasteiger partial charge in [-0.2, -0.15) is 0 Å². The second kappa shape index (κ2) is 14.4. The summed E-state index contributed by atoms with van der Waals surface area (Å²) >= 11 is 0. The summed E-state index contributed by atoms with van der Waals surface area (Å²) < 4.78 is 2.29. The van der Waals surface area contributed by atoms with Gasteiger partial charge in [0.2, 0.25) is 0 Å². The Bertz CT molecular complexity index is 2290. The van der Waals surface area contributed by atoms with Crippen LogP contribution in [0.1, 0.15) is 77.0 Å². The third-order valence-corrected chi connectivity index (χ3v) is 9.56. The molecule has 0 aliphatic rings. The van der Waals surface area contributed by atoms with E-state index in [2.05, 4.69) is 131 Å². The van der Waals surface area contributed by atoms with E-state index in [-0.39, 0.29) is 44.1 Å². The molecule has 0 bridgehead atoms. The second-order valence-electron chi connectivity index (χ2n) is 14.8. The summed E-state index contributed by atoms with van der Waals surface area (Å²) in [5.74, 6) is 1.42. The van der Waals surface area contributed by atoms with Crippen LogP contribution >= 0.6 is 0 Å². The van der Waals surface area contributed by atoms with Crippen molar-refractivity contribution >= 4 is 11.0 Å². The number of hydrogen-bond donors (Lipinski definition) is 1. The number of pyridine rings is 1. The molecule has 0 fully saturated rings. The molecule has 0 radical (unpaired) electrons. The number of imidazole rings is 1. The van der Waals surface area contributed by atoms with E-state index in [0.717, 1.165) is 50.2 Å². The van der Waals surface area contributed by atoms with E-state index in [4.69, 9.17) is 4.98 Å². The molecular weight excluding hydrogens is 806 g/mol. The molecule has 0 aliphatic carbocycles. The first-order valence-corrected chi connectivity index (χ1v) is 17.5. The van der Waals surface area contributed by atoms with Crippen molar-refractivity contribution < 1.29 is 26.2 Å². The van der Waals surface area contributed by atoms with Gasteiger partial charge in [-0.3, -0.25) is 9.55 Å². The van der Waals surface area contributed by atoms with Gasteiger partial charge in [0, 0.05) is 33.0 Å². The Morgan fingerprint density at radius 2 is 1.33 bits per heavy atom. The molecule has 0 aliphatic heterocycles. The first kappa shape index (κ1) is 36.0. The summed E-state index contributed by atoms with van der Waals surface area (Å²) in [7, 11) is 0. The van der Waals surface area contributed by atoms with Crippen molar-refractivity contribution in [1.82, 2.24) is 14.5 Å². The maximum Gasteiger partial charge on any atom is 0.148 e. The van der Waals surface area contributed by atoms with Crippen LogP contribution < -0.4 is 0 Å². The Balaban J connectivity index is 0.00000448. The summed E-state index contributed by atoms with van der Waals surface area (Å²) in [6.07, 6.45) is 1.83. The first-order chi connectivity index (χ1) is 24.0. The van der Waals surface area contributed by atoms with E-state index in [0.29, 0.717) is 11.4 Å². The van der Waals surface area contributed by atoms with Gasteiger partial charge in [-0.15, -0.1) is 29.3 Å². The van der Waals surface area contributed by atoms with Crippen LogP contribution in [0.5, 0.6) is 5.75 Å². The van der Waals surface area contributed by atoms with E-state index in [1.807, 2.05) is 48.7 Å². The molecule has 0 unspecified atom stereocenters. The predicted molar refractivity (Wildman–Crippen MR) is 208 cm³/mol. The molecule has 4 nitrogen and oxygen atoms in total. The fourth-order valence-electron chi connectivity index (χ4n) is 6.83. The van der Waals surface area contributed by atoms with Crippen molar-refractivity contribution in [1.29, 1.82) is 0 Å². The van der Waals surface area contributed by atoms with Crippen LogP contribution in [0.25, 0.3) is 61.6 Å². The van der Waals surface area contributed by atoms with Crippen molar-refractivity contribution in [3.63, 3.8) is 0 Å². The number of fused-ring (bicyclic) bond motifs is 1. The molecule has 0 spiro atoms. The van der Waals surface area contributed by atoms with Gasteiger partial charge in [-0.1, -0.05) is 138 Å². The van der Waals surface area contributed by atoms with Crippen LogP contribution in [0, 0.1) is 6.07 Å². The van der Waals surface area contributed by atoms with Gasteiger partial charge in [-0.05, 0) is 63.8 Å². The molecule has 0 atom stereocenters. The number of phenolic OH excluding ortho intramolecular Hbond substituents is 1. The molecule has 7 rings (SSSR count). The number of rotatable bonds is 7. The maximum atomic E-state index is 11.6. The molecule has 2 heterocycles. The minimum atomic E-state index is -0.0994. The second-order valence-corrected chi connectivity index (χ2v) is 14.8. The van der Waals surface area contributed by atoms with E-state index < -0.39 is 0 Å². The zero-order valence-corrected chi connectivity index (χ0v) is 32.6. The molecule has 5 heteroatoms. The Morgan fingerprint density at radius 3 is 1.98 bits per heavy atom. The summed E-state index contributed by atoms with van der Waals surface area (Å²) in [6, 6.07) is 43.3. The fourth-order valence-corrected chi connectivity index (χ4v) is 6.83. The summed E-state index contributed by atoms with van der Waals surface area (Å²) in [4.78, 5) is 10.2. The number of phenols is 1. The number of nitrogens with zero attached hydrogens (tertiary/aromatic N) is 3. The summed E-state index contributed by atoms with van der Waals surface area (Å²) in [5, 5.41) is 11.6. The Labute approximate surface area is 316 Å². The normalized spacial score (nSPS) is 11.7. The number of aromatic nitrogens is 3. The SMILES string of the molecule is CC(C)c1cccc(C(C)C)c1-n1c(-c2cc(-c3ccccc3)ccc2O)nc2c(-c3[c-]c(-c4ccccn4)cc(C(C)(C)C)c3)cccc21.[Pt]. The maximum absolute atomic E-state index is 11.6. The van der Waals surface area contributed by atoms with E-state index in [9.17, 15) is 5.11 Å². The van der Waals surface area contributed by atoms with Crippen molar-refractivity contribution in [2.24, 2.45) is 0 Å². The molecule has 7 aromatic rings. The third kappa shape index (κ3) is 6.95. The summed E-state index contributed by atoms with van der Waals surface area (Å²) in [6.45, 7) is 15.7. The minimum Gasteiger partial charge on any atom is -0.507 e. The number of hydrogen-bond acceptors (Lipinski definition) is 3. The van der Waals surface area contributed by atoms with E-state index in [1.165, 1.54) is 16.7 Å². The molecule has 51 heavy (non-hydrogen) atoms. The van der Waals surface area contributed by atoms with Crippen molar-refractivity contribution in [2.75, 3.05) is 0 Å². The van der Waals surface area contributed by atoms with Crippen molar-refractivity contribution in [2.45, 2.75) is 65.7 Å². The molecule has 0 amide bonds. The smallest absolute Gasteiger partial charge is 0.148 e. The van der Waals surface area contributed by atoms with Crippen molar-refractivity contribution in [3.05, 3.63) is 144 Å². The standard InChI is InChI=1S/C46H44N3O.Pt/c1-29(2)36-17-13-18-37(30(3)4)44(36)49-41-21-14-19-38(33-25-34(40-20-11-12-24-47-40)27-35(26-33)46(5,6)7)43(41)48-45(49)39-28-32(22-23-42(39)50)31-15-9-8-10-16-31;/h8-24,26-30,50H,1-7H3;/q-1;. The topological polar surface area (TPSA) is 50.9 Å². The van der Waals surface area contributed by atoms with Crippen LogP contribution in [0.3, 0.4) is 0 Å². The van der Waals surface area contributed by atoms with E-state index in [1.54, 1.807) is 6.07 Å². The monoisotopic (exact) mass is 849 g/mol. The average molecular weight is 850 g/mol. The number of para-hydroxylation sites is 2. The predicted octanol–water partition coefficient (Wildman–Crippen LogP) is 12.1. The average Bonchev–Trinajstić information content (AvgIpc) is 3.51. The molecule has 0 saturated heterocycles. The molecule has 2 aromatic heterocycles. The van der Waals surface area contributed by atoms with Gasteiger partial charge < -0.3 is 5.11 Å². The van der Waals surface area contributed by atoms with Gasteiger partial charge in [0.15, 0.2) is 0 Å². The largest absolute Gasteiger partial charge is 0.507 e. The van der Waals surface area contributed by atoms with Crippen molar-refractivity contribution in [3.8, 4) is 56.3 Å². The Hall–Kier alpha value is -4.79. The molecule has 5 aromatic carbocycles. The molecule has 1 N–H and O–H groups in total. The fraction of sp³-hybridized carbons (Fsp3) is 0.217. The summed E-state index contributed by atoms with van der Waals surface area (Å²) in [5.41, 5.74) is 13.1. The van der Waals surface area contributed by atoms with Crippen LogP contribution in [-0.2, 0) is 26.5 Å². The van der Waals surface area contributed by atoms with Gasteiger partial charge in [0.05, 0.1) is 22.3 Å². The van der Waals surface area contributed by atoms with Gasteiger partial charge in [-0.25, -0.2) is 4.98 Å². The van der Waals surface area contributed by atoms with Crippen LogP contribution in [-0.4, -0.2) is 19.6 Å². The number of benzene rings is 5. The van der Waals surface area contributed by atoms with E-state index >= 15 is 0 Å². The Kier molecular flexibility index (Phi) is 10.2. The van der Waals surface area contributed by atoms with Gasteiger partial charge in [0.1, 0.15) is 11.6 Å². The molecule has 260 valence electrons. The third-order valence-electron chi connectivity index (χ3n) is 9.56. The zero-order valence-electron chi connectivity index (χ0n) is 30.3. The van der Waals surface area contributed by atoms with Gasteiger partial charge in [0.25, 0.3) is 0 Å². The number of aromatic hydroxyl groups is 1. The first-order valence-electron chi connectivity index (χ1n) is 17.5. The quantitative estimate of drug-likeness (QED) is 0.163.